The summed E-state index contributed by atoms with van der Waals surface area (Å²) in [6.45, 7) is 0. The Bertz CT molecular complexity index is 626. The molecule has 0 aromatic heterocycles. The number of hydrogen-bond acceptors (Lipinski definition) is 2. The molecular weight excluding hydrogens is 432 g/mol. The van der Waals surface area contributed by atoms with Crippen LogP contribution in [-0.4, -0.2) is 10.2 Å². The van der Waals surface area contributed by atoms with Gasteiger partial charge in [-0.25, -0.2) is 48.5 Å². The van der Waals surface area contributed by atoms with Gasteiger partial charge in [-0.1, -0.05) is 0 Å². The molecule has 0 saturated carbocycles. The fraction of sp³-hybridized carbons (Fsp3) is 0.167. The van der Waals surface area contributed by atoms with E-state index in [4.69, 9.17) is 0 Å². The van der Waals surface area contributed by atoms with Crippen LogP contribution in [0, 0.1) is 0 Å². The first-order chi connectivity index (χ1) is 12.8. The summed E-state index contributed by atoms with van der Waals surface area (Å²) in [6.07, 6.45) is 0.214. The van der Waals surface area contributed by atoms with Gasteiger partial charge in [-0.3, -0.25) is 0 Å². The third kappa shape index (κ3) is 10.6. The smallest absolute Gasteiger partial charge is 0.391 e. The first-order valence-electron chi connectivity index (χ1n) is 8.90. The largest absolute Gasteiger partial charge is 2.00 e. The molecule has 150 valence electrons. The maximum atomic E-state index is 9.84. The van der Waals surface area contributed by atoms with Crippen molar-refractivity contribution in [2.24, 2.45) is 0 Å². The topological polar surface area (TPSA) is 40.5 Å². The molecule has 28 heavy (non-hydrogen) atoms. The number of hydrogen-bond donors (Lipinski definition) is 2. The summed E-state index contributed by atoms with van der Waals surface area (Å²) in [5.41, 5.74) is 1.85. The van der Waals surface area contributed by atoms with Crippen molar-refractivity contribution < 1.29 is 44.4 Å². The van der Waals surface area contributed by atoms with Gasteiger partial charge in [0.25, 0.3) is 0 Å². The summed E-state index contributed by atoms with van der Waals surface area (Å²) in [5, 5.41) is 19.7. The van der Waals surface area contributed by atoms with Gasteiger partial charge in [0.1, 0.15) is 0 Å². The fourth-order valence-electron chi connectivity index (χ4n) is 2.51. The molecule has 4 rings (SSSR count). The molecule has 0 aliphatic rings. The fourth-order valence-corrected chi connectivity index (χ4v) is 2.51. The maximum absolute atomic E-state index is 9.84. The van der Waals surface area contributed by atoms with Gasteiger partial charge in [0.05, 0.1) is 12.2 Å². The monoisotopic (exact) mass is 458 g/mol. The normalized spacial score (nSPS) is 11.4. The zero-order valence-electron chi connectivity index (χ0n) is 15.6. The molecule has 4 heteroatoms. The van der Waals surface area contributed by atoms with E-state index in [-0.39, 0.29) is 34.1 Å². The van der Waals surface area contributed by atoms with Crippen LogP contribution in [0.3, 0.4) is 0 Å². The van der Waals surface area contributed by atoms with E-state index in [1.165, 1.54) is 0 Å². The molecule has 0 amide bonds. The summed E-state index contributed by atoms with van der Waals surface area (Å²) >= 11 is 0. The van der Waals surface area contributed by atoms with E-state index in [1.807, 2.05) is 109 Å². The van der Waals surface area contributed by atoms with Crippen LogP contribution in [0.2, 0.25) is 0 Å². The predicted octanol–water partition coefficient (Wildman–Crippen LogP) is 5.48. The third-order valence-corrected chi connectivity index (χ3v) is 3.97. The Morgan fingerprint density at radius 2 is 0.929 bits per heavy atom. The second-order valence-electron chi connectivity index (χ2n) is 5.97. The molecule has 0 spiro atoms. The zero-order chi connectivity index (χ0) is 18.5. The minimum atomic E-state index is -0.473. The molecule has 0 fully saturated rings. The van der Waals surface area contributed by atoms with Crippen LogP contribution >= 0.6 is 0 Å². The van der Waals surface area contributed by atoms with Gasteiger partial charge in [-0.15, -0.1) is 11.1 Å². The Morgan fingerprint density at radius 3 is 1.14 bits per heavy atom. The molecule has 2 unspecified atom stereocenters. The quantitative estimate of drug-likeness (QED) is 0.308. The van der Waals surface area contributed by atoms with Crippen molar-refractivity contribution in [3.8, 4) is 0 Å². The van der Waals surface area contributed by atoms with Crippen LogP contribution in [0.1, 0.15) is 36.2 Å². The van der Waals surface area contributed by atoms with E-state index in [0.717, 1.165) is 11.1 Å². The van der Waals surface area contributed by atoms with Gasteiger partial charge in [-0.2, -0.15) is 60.7 Å². The van der Waals surface area contributed by atoms with Gasteiger partial charge in [0.2, 0.25) is 0 Å². The molecule has 0 heterocycles. The number of aliphatic hydroxyl groups is 2. The predicted molar refractivity (Wildman–Crippen MR) is 107 cm³/mol. The van der Waals surface area contributed by atoms with Crippen LogP contribution in [0.25, 0.3) is 0 Å². The van der Waals surface area contributed by atoms with E-state index in [1.54, 1.807) is 0 Å². The minimum absolute atomic E-state index is 0. The standard InChI is InChI=1S/C14H16O2.2C5H5.2Fe/c15-13(11-5-1-2-6-11)9-10-14(16)12-7-3-4-8-12;2*1-2-4-5-3-1;;/h1-8,13-16H,9-10H2;2*1-5H;;/q-2;2*-1;2*+2. The van der Waals surface area contributed by atoms with E-state index in [0.29, 0.717) is 12.8 Å². The molecule has 2 nitrogen and oxygen atoms in total. The SMILES string of the molecule is OC(CCC(O)c1ccc[cH-]1)c1ccc[cH-]1.[Fe+2].[Fe+2].c1cc[cH-]c1.c1cc[cH-]c1. The number of aliphatic hydroxyl groups excluding tert-OH is 2. The third-order valence-electron chi connectivity index (χ3n) is 3.97. The molecular formula is C24H26Fe2O2. The summed E-state index contributed by atoms with van der Waals surface area (Å²) in [4.78, 5) is 0. The van der Waals surface area contributed by atoms with Crippen LogP contribution < -0.4 is 0 Å². The Morgan fingerprint density at radius 1 is 0.571 bits per heavy atom. The molecule has 4 aromatic carbocycles. The van der Waals surface area contributed by atoms with E-state index >= 15 is 0 Å². The molecule has 0 radical (unpaired) electrons. The van der Waals surface area contributed by atoms with Crippen molar-refractivity contribution in [2.45, 2.75) is 25.0 Å². The first-order valence-corrected chi connectivity index (χ1v) is 8.90. The molecule has 0 aliphatic heterocycles. The van der Waals surface area contributed by atoms with Crippen molar-refractivity contribution in [3.63, 3.8) is 0 Å². The van der Waals surface area contributed by atoms with Crippen molar-refractivity contribution in [1.29, 1.82) is 0 Å². The van der Waals surface area contributed by atoms with Gasteiger partial charge >= 0.3 is 34.1 Å². The molecule has 2 N–H and O–H groups in total. The van der Waals surface area contributed by atoms with E-state index < -0.39 is 12.2 Å². The summed E-state index contributed by atoms with van der Waals surface area (Å²) in [5.74, 6) is 0. The molecule has 0 aliphatic carbocycles. The first kappa shape index (κ1) is 26.4. The second kappa shape index (κ2) is 16.3. The van der Waals surface area contributed by atoms with Crippen molar-refractivity contribution in [1.82, 2.24) is 0 Å². The van der Waals surface area contributed by atoms with Crippen molar-refractivity contribution in [3.05, 3.63) is 120 Å². The second-order valence-corrected chi connectivity index (χ2v) is 5.97. The maximum Gasteiger partial charge on any atom is 2.00 e. The van der Waals surface area contributed by atoms with E-state index in [9.17, 15) is 10.2 Å². The zero-order valence-corrected chi connectivity index (χ0v) is 17.8. The number of rotatable bonds is 5. The summed E-state index contributed by atoms with van der Waals surface area (Å²) in [6, 6.07) is 35.2. The van der Waals surface area contributed by atoms with Crippen LogP contribution in [0.15, 0.2) is 109 Å². The van der Waals surface area contributed by atoms with E-state index in [2.05, 4.69) is 0 Å². The molecule has 0 bridgehead atoms. The average molecular weight is 458 g/mol. The molecule has 2 atom stereocenters. The summed E-state index contributed by atoms with van der Waals surface area (Å²) < 4.78 is 0. The van der Waals surface area contributed by atoms with Crippen molar-refractivity contribution in [2.75, 3.05) is 0 Å². The average Bonchev–Trinajstić information content (AvgIpc) is 3.50. The Hall–Kier alpha value is -1.64. The Balaban J connectivity index is 0.000000500. The van der Waals surface area contributed by atoms with Crippen LogP contribution in [-0.2, 0) is 34.1 Å². The van der Waals surface area contributed by atoms with Crippen LogP contribution in [0.4, 0.5) is 0 Å². The minimum Gasteiger partial charge on any atom is -0.391 e. The van der Waals surface area contributed by atoms with Gasteiger partial charge in [0, 0.05) is 0 Å². The van der Waals surface area contributed by atoms with Crippen LogP contribution in [0.5, 0.6) is 0 Å². The summed E-state index contributed by atoms with van der Waals surface area (Å²) in [7, 11) is 0. The van der Waals surface area contributed by atoms with Gasteiger partial charge in [-0.05, 0) is 12.8 Å². The Labute approximate surface area is 189 Å². The molecule has 4 aromatic rings. The Kier molecular flexibility index (Phi) is 15.4. The van der Waals surface area contributed by atoms with Gasteiger partial charge in [0.15, 0.2) is 0 Å². The molecule has 0 saturated heterocycles. The van der Waals surface area contributed by atoms with Crippen molar-refractivity contribution >= 4 is 0 Å². The van der Waals surface area contributed by atoms with Gasteiger partial charge < -0.3 is 10.2 Å².